The molecule has 35 heavy (non-hydrogen) atoms. The van der Waals surface area contributed by atoms with Gasteiger partial charge in [-0.3, -0.25) is 0 Å². The molecule has 0 amide bonds. The normalized spacial score (nSPS) is 10.6. The average molecular weight is 512 g/mol. The number of hydrogen-bond acceptors (Lipinski definition) is 7. The second kappa shape index (κ2) is 13.7. The molecule has 0 bridgehead atoms. The van der Waals surface area contributed by atoms with Crippen molar-refractivity contribution in [2.45, 2.75) is 31.7 Å². The minimum absolute atomic E-state index is 0. The summed E-state index contributed by atoms with van der Waals surface area (Å²) in [6, 6.07) is 24.4. The van der Waals surface area contributed by atoms with E-state index in [1.54, 1.807) is 23.6 Å². The minimum Gasteiger partial charge on any atom is -0.493 e. The molecule has 4 rings (SSSR count). The van der Waals surface area contributed by atoms with Crippen LogP contribution in [0.3, 0.4) is 0 Å². The first-order chi connectivity index (χ1) is 16.7. The predicted octanol–water partition coefficient (Wildman–Crippen LogP) is 5.25. The lowest BCUT2D eigenvalue weighted by atomic mass is 10.1. The molecule has 0 aliphatic carbocycles. The third-order valence-corrected chi connectivity index (χ3v) is 6.25. The van der Waals surface area contributed by atoms with E-state index in [-0.39, 0.29) is 12.4 Å². The number of aromatic nitrogens is 4. The number of halogens is 1. The van der Waals surface area contributed by atoms with E-state index >= 15 is 0 Å². The summed E-state index contributed by atoms with van der Waals surface area (Å²) in [5.41, 5.74) is 4.49. The van der Waals surface area contributed by atoms with Gasteiger partial charge in [0.15, 0.2) is 11.5 Å². The second-order valence-corrected chi connectivity index (χ2v) is 8.91. The Morgan fingerprint density at radius 2 is 1.71 bits per heavy atom. The van der Waals surface area contributed by atoms with Crippen LogP contribution in [0.15, 0.2) is 78.0 Å². The van der Waals surface area contributed by atoms with Crippen LogP contribution in [0.1, 0.15) is 23.1 Å². The van der Waals surface area contributed by atoms with Crippen LogP contribution in [0, 0.1) is 6.92 Å². The Morgan fingerprint density at radius 3 is 2.49 bits per heavy atom. The van der Waals surface area contributed by atoms with Gasteiger partial charge < -0.3 is 14.8 Å². The van der Waals surface area contributed by atoms with E-state index in [0.717, 1.165) is 58.7 Å². The summed E-state index contributed by atoms with van der Waals surface area (Å²) in [5.74, 6) is 2.42. The Bertz CT molecular complexity index is 1170. The van der Waals surface area contributed by atoms with Gasteiger partial charge in [-0.2, -0.15) is 4.68 Å². The van der Waals surface area contributed by atoms with Crippen LogP contribution < -0.4 is 14.8 Å². The van der Waals surface area contributed by atoms with Gasteiger partial charge in [-0.05, 0) is 65.7 Å². The van der Waals surface area contributed by atoms with Crippen molar-refractivity contribution in [3.8, 4) is 17.2 Å². The zero-order valence-electron chi connectivity index (χ0n) is 19.9. The van der Waals surface area contributed by atoms with E-state index in [0.29, 0.717) is 6.61 Å². The molecule has 0 aliphatic heterocycles. The van der Waals surface area contributed by atoms with Crippen molar-refractivity contribution >= 4 is 24.2 Å². The highest BCUT2D eigenvalue weighted by atomic mass is 35.5. The van der Waals surface area contributed by atoms with E-state index in [4.69, 9.17) is 9.47 Å². The summed E-state index contributed by atoms with van der Waals surface area (Å²) in [6.45, 7) is 4.25. The predicted molar refractivity (Wildman–Crippen MR) is 142 cm³/mol. The zero-order chi connectivity index (χ0) is 23.6. The molecule has 0 saturated carbocycles. The van der Waals surface area contributed by atoms with Gasteiger partial charge in [0.05, 0.1) is 12.8 Å². The van der Waals surface area contributed by atoms with Crippen molar-refractivity contribution in [2.75, 3.05) is 19.4 Å². The summed E-state index contributed by atoms with van der Waals surface area (Å²) in [7, 11) is 1.67. The number of hydrogen-bond donors (Lipinski definition) is 1. The topological polar surface area (TPSA) is 74.1 Å². The van der Waals surface area contributed by atoms with Gasteiger partial charge in [0, 0.05) is 12.3 Å². The number of nitrogens with zero attached hydrogens (tertiary/aromatic N) is 4. The molecule has 3 aromatic carbocycles. The number of methoxy groups -OCH3 is 1. The molecule has 1 aromatic heterocycles. The first-order valence-electron chi connectivity index (χ1n) is 11.3. The maximum absolute atomic E-state index is 5.98. The van der Waals surface area contributed by atoms with Crippen LogP contribution in [0.4, 0.5) is 0 Å². The van der Waals surface area contributed by atoms with Gasteiger partial charge in [-0.25, -0.2) is 0 Å². The Balaban J connectivity index is 0.00000342. The largest absolute Gasteiger partial charge is 0.493 e. The second-order valence-electron chi connectivity index (χ2n) is 7.85. The number of thioether (sulfide) groups is 1. The van der Waals surface area contributed by atoms with Crippen molar-refractivity contribution in [3.63, 3.8) is 0 Å². The summed E-state index contributed by atoms with van der Waals surface area (Å²) in [4.78, 5) is 0. The number of nitrogens with one attached hydrogen (secondary N) is 1. The molecule has 0 saturated heterocycles. The van der Waals surface area contributed by atoms with Gasteiger partial charge in [0.2, 0.25) is 5.16 Å². The van der Waals surface area contributed by atoms with Crippen LogP contribution in [-0.4, -0.2) is 39.6 Å². The highest BCUT2D eigenvalue weighted by Crippen LogP contribution is 2.29. The molecular weight excluding hydrogens is 482 g/mol. The highest BCUT2D eigenvalue weighted by Gasteiger charge is 2.09. The number of benzene rings is 3. The number of rotatable bonds is 12. The quantitative estimate of drug-likeness (QED) is 0.205. The Kier molecular flexibility index (Phi) is 10.4. The lowest BCUT2D eigenvalue weighted by Crippen LogP contribution is -2.15. The van der Waals surface area contributed by atoms with E-state index < -0.39 is 0 Å². The summed E-state index contributed by atoms with van der Waals surface area (Å²) < 4.78 is 13.3. The monoisotopic (exact) mass is 511 g/mol. The average Bonchev–Trinajstić information content (AvgIpc) is 3.35. The molecule has 0 fully saturated rings. The van der Waals surface area contributed by atoms with Gasteiger partial charge in [-0.15, -0.1) is 17.5 Å². The molecule has 1 heterocycles. The van der Waals surface area contributed by atoms with E-state index in [1.165, 1.54) is 5.56 Å². The van der Waals surface area contributed by atoms with Crippen molar-refractivity contribution in [1.82, 2.24) is 25.5 Å². The molecule has 0 radical (unpaired) electrons. The number of ether oxygens (including phenoxy) is 2. The molecule has 184 valence electrons. The smallest absolute Gasteiger partial charge is 0.214 e. The van der Waals surface area contributed by atoms with Crippen LogP contribution in [-0.2, 0) is 13.2 Å². The Labute approximate surface area is 216 Å². The van der Waals surface area contributed by atoms with Gasteiger partial charge >= 0.3 is 0 Å². The molecule has 0 atom stereocenters. The molecule has 0 aliphatic rings. The first kappa shape index (κ1) is 26.5. The number of tetrazole rings is 1. The van der Waals surface area contributed by atoms with Crippen LogP contribution in [0.2, 0.25) is 0 Å². The maximum Gasteiger partial charge on any atom is 0.214 e. The lowest BCUT2D eigenvalue weighted by Gasteiger charge is -2.13. The summed E-state index contributed by atoms with van der Waals surface area (Å²) in [6.07, 6.45) is 1.00. The fourth-order valence-electron chi connectivity index (χ4n) is 3.38. The maximum atomic E-state index is 5.98. The summed E-state index contributed by atoms with van der Waals surface area (Å²) >= 11 is 1.66. The van der Waals surface area contributed by atoms with Crippen LogP contribution >= 0.6 is 24.2 Å². The van der Waals surface area contributed by atoms with Crippen LogP contribution in [0.5, 0.6) is 11.5 Å². The Hall–Kier alpha value is -3.07. The lowest BCUT2D eigenvalue weighted by molar-refractivity contribution is 0.284. The third-order valence-electron chi connectivity index (χ3n) is 5.24. The van der Waals surface area contributed by atoms with Crippen LogP contribution in [0.25, 0.3) is 5.69 Å². The van der Waals surface area contributed by atoms with E-state index in [9.17, 15) is 0 Å². The van der Waals surface area contributed by atoms with Crippen molar-refractivity contribution in [1.29, 1.82) is 0 Å². The molecule has 0 unspecified atom stereocenters. The molecular formula is C26H30ClN5O2S. The van der Waals surface area contributed by atoms with Crippen molar-refractivity contribution in [2.24, 2.45) is 0 Å². The number of aryl methyl sites for hydroxylation is 1. The minimum atomic E-state index is 0. The Morgan fingerprint density at radius 1 is 0.943 bits per heavy atom. The molecule has 4 aromatic rings. The number of para-hydroxylation sites is 1. The van der Waals surface area contributed by atoms with Gasteiger partial charge in [0.1, 0.15) is 6.61 Å². The molecule has 0 spiro atoms. The zero-order valence-corrected chi connectivity index (χ0v) is 21.5. The highest BCUT2D eigenvalue weighted by molar-refractivity contribution is 7.99. The first-order valence-corrected chi connectivity index (χ1v) is 12.2. The SMILES string of the molecule is COc1cc(CNCCCSc2nnnn2-c2ccccc2)ccc1OCc1ccc(C)cc1.Cl. The van der Waals surface area contributed by atoms with Crippen molar-refractivity contribution < 1.29 is 9.47 Å². The van der Waals surface area contributed by atoms with Gasteiger partial charge in [0.25, 0.3) is 0 Å². The van der Waals surface area contributed by atoms with E-state index in [2.05, 4.69) is 58.1 Å². The third kappa shape index (κ3) is 7.71. The van der Waals surface area contributed by atoms with E-state index in [1.807, 2.05) is 42.5 Å². The standard InChI is InChI=1S/C26H29N5O2S.ClH/c1-20-9-11-21(12-10-20)19-33-24-14-13-22(17-25(24)32-2)18-27-15-6-16-34-26-28-29-30-31(26)23-7-4-3-5-8-23;/h3-5,7-14,17,27H,6,15-16,18-19H2,1-2H3;1H. The fraction of sp³-hybridized carbons (Fsp3) is 0.269. The fourth-order valence-corrected chi connectivity index (χ4v) is 4.21. The van der Waals surface area contributed by atoms with Crippen molar-refractivity contribution in [3.05, 3.63) is 89.5 Å². The van der Waals surface area contributed by atoms with Gasteiger partial charge in [-0.1, -0.05) is 65.9 Å². The molecule has 9 heteroatoms. The summed E-state index contributed by atoms with van der Waals surface area (Å²) in [5, 5.41) is 16.3. The molecule has 7 nitrogen and oxygen atoms in total. The molecule has 1 N–H and O–H groups in total.